The van der Waals surface area contributed by atoms with E-state index in [0.29, 0.717) is 16.5 Å². The molecule has 75 valence electrons. The second-order valence-electron chi connectivity index (χ2n) is 2.74. The standard InChI is InChI=1S/C9H9Cl2N2O/c10-7-4-13-5-8(11)6(7)2-1-3-9(12)14/h1,4-5H,2-3H2,(H2,12,14). The lowest BCUT2D eigenvalue weighted by molar-refractivity contribution is -0.117. The van der Waals surface area contributed by atoms with Gasteiger partial charge in [0.05, 0.1) is 10.0 Å². The first-order valence-electron chi connectivity index (χ1n) is 3.99. The summed E-state index contributed by atoms with van der Waals surface area (Å²) in [6.45, 7) is 0. The predicted molar refractivity (Wildman–Crippen MR) is 56.1 cm³/mol. The van der Waals surface area contributed by atoms with E-state index >= 15 is 0 Å². The second kappa shape index (κ2) is 5.17. The van der Waals surface area contributed by atoms with Crippen LogP contribution in [0.25, 0.3) is 0 Å². The fraction of sp³-hybridized carbons (Fsp3) is 0.222. The SMILES string of the molecule is NC(=O)C[CH]Cc1c(Cl)cncc1Cl. The molecule has 2 N–H and O–H groups in total. The largest absolute Gasteiger partial charge is 0.370 e. The fourth-order valence-electron chi connectivity index (χ4n) is 0.992. The lowest BCUT2D eigenvalue weighted by Crippen LogP contribution is -2.10. The van der Waals surface area contributed by atoms with Gasteiger partial charge in [-0.15, -0.1) is 0 Å². The Labute approximate surface area is 92.2 Å². The number of nitrogens with zero attached hydrogens (tertiary/aromatic N) is 1. The first kappa shape index (κ1) is 11.3. The molecule has 0 fully saturated rings. The van der Waals surface area contributed by atoms with Crippen LogP contribution in [0.15, 0.2) is 12.4 Å². The third kappa shape index (κ3) is 3.16. The van der Waals surface area contributed by atoms with Crippen molar-refractivity contribution < 1.29 is 4.79 Å². The molecule has 1 radical (unpaired) electrons. The van der Waals surface area contributed by atoms with Crippen LogP contribution < -0.4 is 5.73 Å². The molecule has 0 aromatic carbocycles. The third-order valence-electron chi connectivity index (χ3n) is 1.65. The minimum Gasteiger partial charge on any atom is -0.370 e. The summed E-state index contributed by atoms with van der Waals surface area (Å²) >= 11 is 11.7. The van der Waals surface area contributed by atoms with Crippen LogP contribution in [0.2, 0.25) is 10.0 Å². The number of halogens is 2. The van der Waals surface area contributed by atoms with Gasteiger partial charge in [0.1, 0.15) is 0 Å². The molecular weight excluding hydrogens is 223 g/mol. The molecule has 1 heterocycles. The molecule has 0 aliphatic rings. The number of carbonyl (C=O) groups is 1. The van der Waals surface area contributed by atoms with E-state index in [1.807, 2.05) is 0 Å². The first-order valence-corrected chi connectivity index (χ1v) is 4.74. The highest BCUT2D eigenvalue weighted by Gasteiger charge is 2.06. The van der Waals surface area contributed by atoms with Crippen molar-refractivity contribution in [2.75, 3.05) is 0 Å². The minimum atomic E-state index is -0.369. The molecule has 1 amide bonds. The molecule has 0 aliphatic heterocycles. The summed E-state index contributed by atoms with van der Waals surface area (Å²) in [6.07, 6.45) is 5.50. The Balaban J connectivity index is 2.62. The van der Waals surface area contributed by atoms with E-state index in [2.05, 4.69) is 4.98 Å². The van der Waals surface area contributed by atoms with Crippen molar-refractivity contribution in [1.29, 1.82) is 0 Å². The van der Waals surface area contributed by atoms with Gasteiger partial charge in [0.15, 0.2) is 0 Å². The summed E-state index contributed by atoms with van der Waals surface area (Å²) in [5, 5.41) is 0.997. The van der Waals surface area contributed by atoms with Gasteiger partial charge in [0, 0.05) is 18.8 Å². The van der Waals surface area contributed by atoms with Crippen molar-refractivity contribution in [2.45, 2.75) is 12.8 Å². The molecule has 0 saturated carbocycles. The van der Waals surface area contributed by atoms with Crippen molar-refractivity contribution in [1.82, 2.24) is 4.98 Å². The van der Waals surface area contributed by atoms with Crippen LogP contribution in [-0.2, 0) is 11.2 Å². The highest BCUT2D eigenvalue weighted by atomic mass is 35.5. The zero-order valence-corrected chi connectivity index (χ0v) is 8.85. The lowest BCUT2D eigenvalue weighted by Gasteiger charge is -2.04. The number of primary amides is 1. The third-order valence-corrected chi connectivity index (χ3v) is 2.30. The molecule has 0 atom stereocenters. The quantitative estimate of drug-likeness (QED) is 0.863. The lowest BCUT2D eigenvalue weighted by atomic mass is 10.1. The van der Waals surface area contributed by atoms with Gasteiger partial charge in [0.2, 0.25) is 5.91 Å². The van der Waals surface area contributed by atoms with E-state index in [0.717, 1.165) is 5.56 Å². The van der Waals surface area contributed by atoms with E-state index in [1.165, 1.54) is 12.4 Å². The molecule has 5 heteroatoms. The van der Waals surface area contributed by atoms with Crippen LogP contribution in [0, 0.1) is 6.42 Å². The second-order valence-corrected chi connectivity index (χ2v) is 3.56. The molecule has 1 rings (SSSR count). The number of carbonyl (C=O) groups excluding carboxylic acids is 1. The highest BCUT2D eigenvalue weighted by Crippen LogP contribution is 2.24. The van der Waals surface area contributed by atoms with Gasteiger partial charge in [-0.2, -0.15) is 0 Å². The van der Waals surface area contributed by atoms with Crippen molar-refractivity contribution >= 4 is 29.1 Å². The fourth-order valence-corrected chi connectivity index (χ4v) is 1.51. The molecule has 0 saturated heterocycles. The Morgan fingerprint density at radius 2 is 2.00 bits per heavy atom. The van der Waals surface area contributed by atoms with E-state index in [9.17, 15) is 4.79 Å². The molecular formula is C9H9Cl2N2O. The zero-order chi connectivity index (χ0) is 10.6. The molecule has 3 nitrogen and oxygen atoms in total. The number of pyridine rings is 1. The molecule has 14 heavy (non-hydrogen) atoms. The van der Waals surface area contributed by atoms with Gasteiger partial charge >= 0.3 is 0 Å². The summed E-state index contributed by atoms with van der Waals surface area (Å²) < 4.78 is 0. The average molecular weight is 232 g/mol. The van der Waals surface area contributed by atoms with E-state index in [1.54, 1.807) is 6.42 Å². The number of amides is 1. The number of aromatic nitrogens is 1. The highest BCUT2D eigenvalue weighted by molar-refractivity contribution is 6.35. The van der Waals surface area contributed by atoms with E-state index in [-0.39, 0.29) is 12.3 Å². The predicted octanol–water partition coefficient (Wildman–Crippen LogP) is 2.01. The number of rotatable bonds is 4. The zero-order valence-electron chi connectivity index (χ0n) is 7.34. The van der Waals surface area contributed by atoms with Gasteiger partial charge in [0.25, 0.3) is 0 Å². The molecule has 0 spiro atoms. The number of hydrogen-bond acceptors (Lipinski definition) is 2. The van der Waals surface area contributed by atoms with Crippen LogP contribution >= 0.6 is 23.2 Å². The number of hydrogen-bond donors (Lipinski definition) is 1. The average Bonchev–Trinajstić information content (AvgIpc) is 2.09. The van der Waals surface area contributed by atoms with Gasteiger partial charge in [-0.3, -0.25) is 9.78 Å². The van der Waals surface area contributed by atoms with Crippen molar-refractivity contribution in [3.05, 3.63) is 34.4 Å². The molecule has 0 unspecified atom stereocenters. The minimum absolute atomic E-state index is 0.217. The summed E-state index contributed by atoms with van der Waals surface area (Å²) in [7, 11) is 0. The van der Waals surface area contributed by atoms with Crippen LogP contribution in [0.5, 0.6) is 0 Å². The summed E-state index contributed by atoms with van der Waals surface area (Å²) in [4.78, 5) is 14.3. The van der Waals surface area contributed by atoms with Crippen molar-refractivity contribution in [2.24, 2.45) is 5.73 Å². The maximum atomic E-state index is 10.5. The summed E-state index contributed by atoms with van der Waals surface area (Å²) in [6, 6.07) is 0. The van der Waals surface area contributed by atoms with Gasteiger partial charge in [-0.1, -0.05) is 23.2 Å². The van der Waals surface area contributed by atoms with Crippen LogP contribution in [-0.4, -0.2) is 10.9 Å². The Morgan fingerprint density at radius 1 is 1.43 bits per heavy atom. The Kier molecular flexibility index (Phi) is 4.17. The van der Waals surface area contributed by atoms with Crippen LogP contribution in [0.4, 0.5) is 0 Å². The summed E-state index contributed by atoms with van der Waals surface area (Å²) in [5.74, 6) is -0.369. The summed E-state index contributed by atoms with van der Waals surface area (Å²) in [5.41, 5.74) is 5.75. The number of nitrogens with two attached hydrogens (primary N) is 1. The van der Waals surface area contributed by atoms with Crippen molar-refractivity contribution in [3.63, 3.8) is 0 Å². The van der Waals surface area contributed by atoms with Crippen LogP contribution in [0.3, 0.4) is 0 Å². The maximum absolute atomic E-state index is 10.5. The first-order chi connectivity index (χ1) is 6.61. The Bertz CT molecular complexity index is 321. The molecule has 1 aromatic rings. The molecule has 0 bridgehead atoms. The van der Waals surface area contributed by atoms with Gasteiger partial charge in [-0.05, 0) is 18.4 Å². The van der Waals surface area contributed by atoms with Gasteiger partial charge < -0.3 is 5.73 Å². The van der Waals surface area contributed by atoms with E-state index < -0.39 is 0 Å². The topological polar surface area (TPSA) is 56.0 Å². The maximum Gasteiger partial charge on any atom is 0.217 e. The van der Waals surface area contributed by atoms with Crippen molar-refractivity contribution in [3.8, 4) is 0 Å². The van der Waals surface area contributed by atoms with Gasteiger partial charge in [-0.25, -0.2) is 0 Å². The monoisotopic (exact) mass is 231 g/mol. The smallest absolute Gasteiger partial charge is 0.217 e. The molecule has 0 aliphatic carbocycles. The molecule has 1 aromatic heterocycles. The normalized spacial score (nSPS) is 10.1. The Morgan fingerprint density at radius 3 is 2.50 bits per heavy atom. The van der Waals surface area contributed by atoms with Crippen LogP contribution in [0.1, 0.15) is 12.0 Å². The van der Waals surface area contributed by atoms with E-state index in [4.69, 9.17) is 28.9 Å². The Hall–Kier alpha value is -0.800.